The van der Waals surface area contributed by atoms with Crippen molar-refractivity contribution in [1.82, 2.24) is 0 Å². The zero-order chi connectivity index (χ0) is 15.2. The molecule has 4 nitrogen and oxygen atoms in total. The molecule has 0 spiro atoms. The Labute approximate surface area is 127 Å². The Bertz CT molecular complexity index is 467. The van der Waals surface area contributed by atoms with Gasteiger partial charge in [-0.05, 0) is 43.7 Å². The van der Waals surface area contributed by atoms with Crippen LogP contribution < -0.4 is 16.0 Å². The molecule has 1 heterocycles. The molecule has 0 unspecified atom stereocenters. The summed E-state index contributed by atoms with van der Waals surface area (Å²) in [5, 5.41) is 3.01. The summed E-state index contributed by atoms with van der Waals surface area (Å²) >= 11 is 0. The van der Waals surface area contributed by atoms with Crippen LogP contribution in [0.1, 0.15) is 39.5 Å². The van der Waals surface area contributed by atoms with Crippen molar-refractivity contribution in [3.63, 3.8) is 0 Å². The quantitative estimate of drug-likeness (QED) is 0.876. The number of benzene rings is 1. The number of carbonyl (C=O) groups excluding carboxylic acids is 1. The van der Waals surface area contributed by atoms with Crippen molar-refractivity contribution in [2.24, 2.45) is 11.7 Å². The van der Waals surface area contributed by atoms with Gasteiger partial charge in [0.25, 0.3) is 0 Å². The zero-order valence-corrected chi connectivity index (χ0v) is 13.1. The number of hydrogen-bond donors (Lipinski definition) is 2. The number of carbonyl (C=O) groups is 1. The predicted molar refractivity (Wildman–Crippen MR) is 88.6 cm³/mol. The fraction of sp³-hybridized carbons (Fsp3) is 0.588. The van der Waals surface area contributed by atoms with Crippen LogP contribution in [0.2, 0.25) is 0 Å². The Hall–Kier alpha value is -1.55. The fourth-order valence-corrected chi connectivity index (χ4v) is 2.83. The van der Waals surface area contributed by atoms with Crippen molar-refractivity contribution in [3.05, 3.63) is 24.3 Å². The fourth-order valence-electron chi connectivity index (χ4n) is 2.83. The van der Waals surface area contributed by atoms with Crippen LogP contribution in [-0.2, 0) is 4.79 Å². The van der Waals surface area contributed by atoms with Gasteiger partial charge < -0.3 is 16.0 Å². The molecule has 2 rings (SSSR count). The maximum atomic E-state index is 12.2. The molecule has 0 radical (unpaired) electrons. The molecule has 1 atom stereocenters. The van der Waals surface area contributed by atoms with Gasteiger partial charge >= 0.3 is 0 Å². The number of nitrogens with one attached hydrogen (secondary N) is 1. The zero-order valence-electron chi connectivity index (χ0n) is 13.1. The number of nitrogens with two attached hydrogens (primary N) is 1. The third-order valence-electron chi connectivity index (χ3n) is 3.92. The monoisotopic (exact) mass is 289 g/mol. The number of rotatable bonds is 5. The van der Waals surface area contributed by atoms with Crippen molar-refractivity contribution in [2.45, 2.75) is 45.6 Å². The molecule has 0 aliphatic carbocycles. The number of piperidine rings is 1. The lowest BCUT2D eigenvalue weighted by molar-refractivity contribution is -0.117. The first-order valence-electron chi connectivity index (χ1n) is 7.98. The predicted octanol–water partition coefficient (Wildman–Crippen LogP) is 2.99. The van der Waals surface area contributed by atoms with Gasteiger partial charge in [0.1, 0.15) is 0 Å². The van der Waals surface area contributed by atoms with Gasteiger partial charge in [-0.2, -0.15) is 0 Å². The van der Waals surface area contributed by atoms with Crippen LogP contribution in [0.25, 0.3) is 0 Å². The van der Waals surface area contributed by atoms with E-state index in [0.717, 1.165) is 24.5 Å². The second kappa shape index (κ2) is 7.46. The summed E-state index contributed by atoms with van der Waals surface area (Å²) in [6, 6.07) is 7.57. The van der Waals surface area contributed by atoms with Gasteiger partial charge in [-0.3, -0.25) is 4.79 Å². The minimum absolute atomic E-state index is 0.0897. The smallest absolute Gasteiger partial charge is 0.241 e. The van der Waals surface area contributed by atoms with E-state index in [-0.39, 0.29) is 5.91 Å². The minimum Gasteiger partial charge on any atom is -0.370 e. The molecule has 21 heavy (non-hydrogen) atoms. The molecular weight excluding hydrogens is 262 g/mol. The van der Waals surface area contributed by atoms with E-state index in [9.17, 15) is 4.79 Å². The van der Waals surface area contributed by atoms with Gasteiger partial charge in [0.15, 0.2) is 0 Å². The maximum absolute atomic E-state index is 12.2. The van der Waals surface area contributed by atoms with Gasteiger partial charge in [-0.1, -0.05) is 26.0 Å². The van der Waals surface area contributed by atoms with E-state index in [1.54, 1.807) is 0 Å². The maximum Gasteiger partial charge on any atom is 0.241 e. The normalized spacial score (nSPS) is 16.9. The lowest BCUT2D eigenvalue weighted by atomic mass is 10.0. The summed E-state index contributed by atoms with van der Waals surface area (Å²) < 4.78 is 0. The van der Waals surface area contributed by atoms with Gasteiger partial charge in [0, 0.05) is 13.1 Å². The highest BCUT2D eigenvalue weighted by Crippen LogP contribution is 2.28. The van der Waals surface area contributed by atoms with Crippen LogP contribution in [0.15, 0.2) is 24.3 Å². The van der Waals surface area contributed by atoms with E-state index in [4.69, 9.17) is 5.73 Å². The van der Waals surface area contributed by atoms with Crippen LogP contribution in [-0.4, -0.2) is 25.0 Å². The van der Waals surface area contributed by atoms with Gasteiger partial charge in [0.2, 0.25) is 5.91 Å². The summed E-state index contributed by atoms with van der Waals surface area (Å²) in [7, 11) is 0. The largest absolute Gasteiger partial charge is 0.370 e. The lowest BCUT2D eigenvalue weighted by Crippen LogP contribution is -2.37. The first-order chi connectivity index (χ1) is 10.1. The average Bonchev–Trinajstić information content (AvgIpc) is 2.48. The Kier molecular flexibility index (Phi) is 5.62. The molecule has 1 aromatic rings. The second-order valence-electron chi connectivity index (χ2n) is 6.29. The first-order valence-corrected chi connectivity index (χ1v) is 7.98. The van der Waals surface area contributed by atoms with Gasteiger partial charge in [-0.25, -0.2) is 0 Å². The molecule has 0 aromatic heterocycles. The Balaban J connectivity index is 2.07. The van der Waals surface area contributed by atoms with Crippen LogP contribution in [0.5, 0.6) is 0 Å². The first kappa shape index (κ1) is 15.8. The molecular formula is C17H27N3O. The van der Waals surface area contributed by atoms with Crippen LogP contribution in [0.4, 0.5) is 11.4 Å². The molecule has 3 N–H and O–H groups in total. The van der Waals surface area contributed by atoms with Crippen LogP contribution in [0, 0.1) is 5.92 Å². The molecule has 116 valence electrons. The summed E-state index contributed by atoms with van der Waals surface area (Å²) in [4.78, 5) is 14.6. The molecule has 1 fully saturated rings. The third-order valence-corrected chi connectivity index (χ3v) is 3.92. The molecule has 0 saturated carbocycles. The number of anilines is 2. The Morgan fingerprint density at radius 2 is 1.90 bits per heavy atom. The molecule has 1 aliphatic heterocycles. The van der Waals surface area contributed by atoms with E-state index < -0.39 is 6.04 Å². The van der Waals surface area contributed by atoms with Crippen LogP contribution in [0.3, 0.4) is 0 Å². The summed E-state index contributed by atoms with van der Waals surface area (Å²) in [6.07, 6.45) is 4.44. The van der Waals surface area contributed by atoms with E-state index in [1.807, 2.05) is 18.2 Å². The number of para-hydroxylation sites is 2. The molecule has 1 amide bonds. The number of nitrogens with zero attached hydrogens (tertiary/aromatic N) is 1. The summed E-state index contributed by atoms with van der Waals surface area (Å²) in [5.41, 5.74) is 7.96. The van der Waals surface area contributed by atoms with Crippen molar-refractivity contribution < 1.29 is 4.79 Å². The molecule has 1 saturated heterocycles. The van der Waals surface area contributed by atoms with E-state index in [1.165, 1.54) is 19.3 Å². The van der Waals surface area contributed by atoms with Crippen molar-refractivity contribution in [2.75, 3.05) is 23.3 Å². The van der Waals surface area contributed by atoms with Gasteiger partial charge in [-0.15, -0.1) is 0 Å². The highest BCUT2D eigenvalue weighted by Gasteiger charge is 2.19. The Morgan fingerprint density at radius 1 is 1.24 bits per heavy atom. The van der Waals surface area contributed by atoms with Crippen LogP contribution >= 0.6 is 0 Å². The summed E-state index contributed by atoms with van der Waals surface area (Å²) in [5.74, 6) is 0.330. The topological polar surface area (TPSA) is 58.4 Å². The van der Waals surface area contributed by atoms with Crippen molar-refractivity contribution in [1.29, 1.82) is 0 Å². The summed E-state index contributed by atoms with van der Waals surface area (Å²) in [6.45, 7) is 6.28. The molecule has 1 aliphatic rings. The number of amides is 1. The lowest BCUT2D eigenvalue weighted by Gasteiger charge is -2.30. The molecule has 1 aromatic carbocycles. The molecule has 4 heteroatoms. The van der Waals surface area contributed by atoms with E-state index in [0.29, 0.717) is 12.3 Å². The Morgan fingerprint density at radius 3 is 2.57 bits per heavy atom. The third kappa shape index (κ3) is 4.46. The number of hydrogen-bond acceptors (Lipinski definition) is 3. The van der Waals surface area contributed by atoms with E-state index >= 15 is 0 Å². The van der Waals surface area contributed by atoms with E-state index in [2.05, 4.69) is 30.1 Å². The highest BCUT2D eigenvalue weighted by atomic mass is 16.2. The average molecular weight is 289 g/mol. The SMILES string of the molecule is CC(C)C[C@H](N)C(=O)Nc1ccccc1N1CCCCC1. The van der Waals surface area contributed by atoms with Crippen molar-refractivity contribution in [3.8, 4) is 0 Å². The van der Waals surface area contributed by atoms with Crippen molar-refractivity contribution >= 4 is 17.3 Å². The minimum atomic E-state index is -0.445. The standard InChI is InChI=1S/C17H27N3O/c1-13(2)12-14(18)17(21)19-15-8-4-5-9-16(15)20-10-6-3-7-11-20/h4-5,8-9,13-14H,3,6-7,10-12,18H2,1-2H3,(H,19,21)/t14-/m0/s1. The van der Waals surface area contributed by atoms with Gasteiger partial charge in [0.05, 0.1) is 17.4 Å². The highest BCUT2D eigenvalue weighted by molar-refractivity contribution is 5.97. The second-order valence-corrected chi connectivity index (χ2v) is 6.29. The molecule has 0 bridgehead atoms.